The van der Waals surface area contributed by atoms with Crippen molar-refractivity contribution in [1.29, 1.82) is 0 Å². The Morgan fingerprint density at radius 1 is 1.47 bits per heavy atom. The van der Waals surface area contributed by atoms with Gasteiger partial charge in [0, 0.05) is 0 Å². The lowest BCUT2D eigenvalue weighted by Gasteiger charge is -2.10. The molecular weight excluding hydrogens is 196 g/mol. The van der Waals surface area contributed by atoms with E-state index in [2.05, 4.69) is 4.98 Å². The van der Waals surface area contributed by atoms with E-state index in [0.717, 1.165) is 12.8 Å². The van der Waals surface area contributed by atoms with Gasteiger partial charge in [0.05, 0.1) is 25.6 Å². The number of methoxy groups -OCH3 is 1. The Balaban J connectivity index is 2.37. The van der Waals surface area contributed by atoms with E-state index in [4.69, 9.17) is 15.2 Å². The van der Waals surface area contributed by atoms with Crippen LogP contribution in [0.15, 0.2) is 12.4 Å². The van der Waals surface area contributed by atoms with Gasteiger partial charge >= 0.3 is 0 Å². The molecule has 1 aromatic rings. The lowest BCUT2D eigenvalue weighted by atomic mass is 10.2. The van der Waals surface area contributed by atoms with Crippen molar-refractivity contribution in [3.8, 4) is 11.5 Å². The fourth-order valence-corrected chi connectivity index (χ4v) is 1.28. The maximum Gasteiger partial charge on any atom is 0.256 e. The van der Waals surface area contributed by atoms with Crippen LogP contribution in [-0.4, -0.2) is 24.1 Å². The number of carbonyl (C=O) groups excluding carboxylic acids is 1. The Morgan fingerprint density at radius 3 is 2.67 bits per heavy atom. The molecule has 0 saturated heterocycles. The van der Waals surface area contributed by atoms with Crippen molar-refractivity contribution >= 4 is 5.91 Å². The monoisotopic (exact) mass is 208 g/mol. The number of primary amides is 1. The highest BCUT2D eigenvalue weighted by molar-refractivity contribution is 5.98. The highest BCUT2D eigenvalue weighted by Crippen LogP contribution is 2.32. The molecule has 0 radical (unpaired) electrons. The molecule has 1 aliphatic rings. The van der Waals surface area contributed by atoms with Crippen LogP contribution in [-0.2, 0) is 0 Å². The molecule has 80 valence electrons. The average Bonchev–Trinajstić information content (AvgIpc) is 3.01. The number of nitrogens with two attached hydrogens (primary N) is 1. The number of hydrogen-bond donors (Lipinski definition) is 1. The molecule has 0 bridgehead atoms. The van der Waals surface area contributed by atoms with Crippen LogP contribution in [0.4, 0.5) is 0 Å². The van der Waals surface area contributed by atoms with Crippen LogP contribution in [0, 0.1) is 0 Å². The summed E-state index contributed by atoms with van der Waals surface area (Å²) in [6, 6.07) is 0. The summed E-state index contributed by atoms with van der Waals surface area (Å²) in [5.41, 5.74) is 5.52. The zero-order valence-electron chi connectivity index (χ0n) is 8.40. The van der Waals surface area contributed by atoms with Gasteiger partial charge in [-0.05, 0) is 12.8 Å². The molecule has 2 rings (SSSR count). The molecule has 0 unspecified atom stereocenters. The van der Waals surface area contributed by atoms with Gasteiger partial charge in [0.2, 0.25) is 0 Å². The van der Waals surface area contributed by atoms with Gasteiger partial charge in [0.25, 0.3) is 5.91 Å². The summed E-state index contributed by atoms with van der Waals surface area (Å²) in [6.45, 7) is 0. The van der Waals surface area contributed by atoms with Gasteiger partial charge in [0.15, 0.2) is 11.5 Å². The van der Waals surface area contributed by atoms with Crippen LogP contribution < -0.4 is 15.2 Å². The first-order chi connectivity index (χ1) is 7.22. The van der Waals surface area contributed by atoms with Gasteiger partial charge in [-0.15, -0.1) is 0 Å². The number of ether oxygens (including phenoxy) is 2. The Hall–Kier alpha value is -1.78. The first-order valence-corrected chi connectivity index (χ1v) is 4.71. The fraction of sp³-hybridized carbons (Fsp3) is 0.400. The molecule has 0 spiro atoms. The largest absolute Gasteiger partial charge is 0.494 e. The summed E-state index contributed by atoms with van der Waals surface area (Å²) in [5, 5.41) is 0. The van der Waals surface area contributed by atoms with E-state index < -0.39 is 5.91 Å². The van der Waals surface area contributed by atoms with E-state index in [1.165, 1.54) is 19.5 Å². The first kappa shape index (κ1) is 9.76. The third kappa shape index (κ3) is 2.01. The van der Waals surface area contributed by atoms with E-state index >= 15 is 0 Å². The van der Waals surface area contributed by atoms with Crippen LogP contribution in [0.3, 0.4) is 0 Å². The van der Waals surface area contributed by atoms with E-state index in [9.17, 15) is 4.79 Å². The van der Waals surface area contributed by atoms with Crippen LogP contribution in [0.2, 0.25) is 0 Å². The molecule has 15 heavy (non-hydrogen) atoms. The van der Waals surface area contributed by atoms with E-state index in [0.29, 0.717) is 11.5 Å². The Labute approximate surface area is 87.2 Å². The minimum absolute atomic E-state index is 0.192. The van der Waals surface area contributed by atoms with Gasteiger partial charge in [-0.25, -0.2) is 0 Å². The summed E-state index contributed by atoms with van der Waals surface area (Å²) in [7, 11) is 1.46. The van der Waals surface area contributed by atoms with Crippen LogP contribution in [0.1, 0.15) is 23.2 Å². The third-order valence-corrected chi connectivity index (χ3v) is 2.16. The molecule has 2 N–H and O–H groups in total. The van der Waals surface area contributed by atoms with Crippen molar-refractivity contribution in [3.63, 3.8) is 0 Å². The highest BCUT2D eigenvalue weighted by atomic mass is 16.5. The highest BCUT2D eigenvalue weighted by Gasteiger charge is 2.26. The number of rotatable bonds is 4. The van der Waals surface area contributed by atoms with E-state index in [-0.39, 0.29) is 11.7 Å². The summed E-state index contributed by atoms with van der Waals surface area (Å²) in [5.74, 6) is 0.190. The minimum Gasteiger partial charge on any atom is -0.494 e. The Morgan fingerprint density at radius 2 is 2.13 bits per heavy atom. The van der Waals surface area contributed by atoms with Crippen molar-refractivity contribution in [2.75, 3.05) is 7.11 Å². The first-order valence-electron chi connectivity index (χ1n) is 4.71. The molecule has 1 aromatic heterocycles. The normalized spacial score (nSPS) is 14.7. The topological polar surface area (TPSA) is 74.4 Å². The smallest absolute Gasteiger partial charge is 0.256 e. The van der Waals surface area contributed by atoms with Crippen LogP contribution in [0.25, 0.3) is 0 Å². The maximum atomic E-state index is 11.2. The third-order valence-electron chi connectivity index (χ3n) is 2.16. The molecule has 5 nitrogen and oxygen atoms in total. The Kier molecular flexibility index (Phi) is 2.45. The summed E-state index contributed by atoms with van der Waals surface area (Å²) in [6.07, 6.45) is 5.14. The molecule has 0 atom stereocenters. The number of amides is 1. The second kappa shape index (κ2) is 3.76. The van der Waals surface area contributed by atoms with E-state index in [1.54, 1.807) is 0 Å². The quantitative estimate of drug-likeness (QED) is 0.791. The fourth-order valence-electron chi connectivity index (χ4n) is 1.28. The number of pyridine rings is 1. The maximum absolute atomic E-state index is 11.2. The standard InChI is InChI=1S/C10H12N2O3/c1-14-7-4-12-5-8(9(7)10(11)13)15-6-2-3-6/h4-6H,2-3H2,1H3,(H2,11,13). The zero-order valence-corrected chi connectivity index (χ0v) is 8.40. The summed E-state index contributed by atoms with van der Waals surface area (Å²) >= 11 is 0. The van der Waals surface area contributed by atoms with Gasteiger partial charge in [0.1, 0.15) is 5.56 Å². The predicted octanol–water partition coefficient (Wildman–Crippen LogP) is 0.730. The minimum atomic E-state index is -0.565. The lowest BCUT2D eigenvalue weighted by molar-refractivity contribution is 0.0992. The molecule has 1 amide bonds. The van der Waals surface area contributed by atoms with Crippen LogP contribution in [0.5, 0.6) is 11.5 Å². The van der Waals surface area contributed by atoms with Crippen molar-refractivity contribution in [3.05, 3.63) is 18.0 Å². The van der Waals surface area contributed by atoms with Gasteiger partial charge < -0.3 is 15.2 Å². The number of hydrogen-bond acceptors (Lipinski definition) is 4. The van der Waals surface area contributed by atoms with Gasteiger partial charge in [-0.2, -0.15) is 0 Å². The van der Waals surface area contributed by atoms with E-state index in [1.807, 2.05) is 0 Å². The van der Waals surface area contributed by atoms with Gasteiger partial charge in [-0.1, -0.05) is 0 Å². The van der Waals surface area contributed by atoms with Gasteiger partial charge in [-0.3, -0.25) is 9.78 Å². The molecule has 1 heterocycles. The SMILES string of the molecule is COc1cncc(OC2CC2)c1C(N)=O. The van der Waals surface area contributed by atoms with Crippen molar-refractivity contribution in [1.82, 2.24) is 4.98 Å². The number of aromatic nitrogens is 1. The van der Waals surface area contributed by atoms with Crippen LogP contribution >= 0.6 is 0 Å². The van der Waals surface area contributed by atoms with Crippen molar-refractivity contribution < 1.29 is 14.3 Å². The van der Waals surface area contributed by atoms with Crippen molar-refractivity contribution in [2.45, 2.75) is 18.9 Å². The second-order valence-corrected chi connectivity index (χ2v) is 3.40. The number of nitrogens with zero attached hydrogens (tertiary/aromatic N) is 1. The van der Waals surface area contributed by atoms with Crippen molar-refractivity contribution in [2.24, 2.45) is 5.73 Å². The summed E-state index contributed by atoms with van der Waals surface area (Å²) < 4.78 is 10.5. The Bertz CT molecular complexity index is 388. The zero-order chi connectivity index (χ0) is 10.8. The molecule has 1 fully saturated rings. The molecule has 0 aliphatic heterocycles. The lowest BCUT2D eigenvalue weighted by Crippen LogP contribution is -2.15. The molecule has 1 aliphatic carbocycles. The molecule has 0 aromatic carbocycles. The second-order valence-electron chi connectivity index (χ2n) is 3.40. The predicted molar refractivity (Wildman–Crippen MR) is 53.0 cm³/mol. The molecule has 1 saturated carbocycles. The summed E-state index contributed by atoms with van der Waals surface area (Å²) in [4.78, 5) is 15.2. The number of carbonyl (C=O) groups is 1. The average molecular weight is 208 g/mol. The molecule has 5 heteroatoms. The molecular formula is C10H12N2O3.